The van der Waals surface area contributed by atoms with E-state index < -0.39 is 30.6 Å². The van der Waals surface area contributed by atoms with Crippen molar-refractivity contribution >= 4 is 16.8 Å². The molecule has 12 heteroatoms. The van der Waals surface area contributed by atoms with Gasteiger partial charge in [0.1, 0.15) is 17.6 Å². The van der Waals surface area contributed by atoms with Crippen molar-refractivity contribution in [2.45, 2.75) is 45.5 Å². The predicted octanol–water partition coefficient (Wildman–Crippen LogP) is 5.24. The van der Waals surface area contributed by atoms with Crippen molar-refractivity contribution in [1.29, 1.82) is 0 Å². The maximum atomic E-state index is 13.8. The quantitative estimate of drug-likeness (QED) is 0.268. The second-order valence-electron chi connectivity index (χ2n) is 9.73. The lowest BCUT2D eigenvalue weighted by molar-refractivity contribution is -0.145. The number of halogens is 4. The molecule has 212 valence electrons. The molecule has 0 aliphatic carbocycles. The van der Waals surface area contributed by atoms with Crippen LogP contribution in [0.25, 0.3) is 16.6 Å². The zero-order valence-corrected chi connectivity index (χ0v) is 22.1. The van der Waals surface area contributed by atoms with Crippen molar-refractivity contribution < 1.29 is 31.8 Å². The number of carbonyl (C=O) groups is 1. The van der Waals surface area contributed by atoms with E-state index in [0.29, 0.717) is 29.3 Å². The summed E-state index contributed by atoms with van der Waals surface area (Å²) in [5, 5.41) is 7.48. The van der Waals surface area contributed by atoms with Gasteiger partial charge in [-0.3, -0.25) is 9.59 Å². The van der Waals surface area contributed by atoms with Crippen molar-refractivity contribution in [1.82, 2.24) is 19.7 Å². The van der Waals surface area contributed by atoms with Crippen LogP contribution in [0.2, 0.25) is 0 Å². The summed E-state index contributed by atoms with van der Waals surface area (Å²) in [6.07, 6.45) is 2.29. The van der Waals surface area contributed by atoms with E-state index in [0.717, 1.165) is 5.52 Å². The Morgan fingerprint density at radius 1 is 1.00 bits per heavy atom. The zero-order chi connectivity index (χ0) is 29.2. The van der Waals surface area contributed by atoms with Gasteiger partial charge in [-0.2, -0.15) is 22.7 Å². The first-order valence-corrected chi connectivity index (χ1v) is 12.4. The van der Waals surface area contributed by atoms with Crippen LogP contribution in [-0.2, 0) is 11.8 Å². The van der Waals surface area contributed by atoms with Crippen molar-refractivity contribution in [2.75, 3.05) is 0 Å². The Labute approximate surface area is 227 Å². The van der Waals surface area contributed by atoms with Crippen LogP contribution in [0, 0.1) is 5.92 Å². The summed E-state index contributed by atoms with van der Waals surface area (Å²) >= 11 is 0. The molecule has 2 aromatic heterocycles. The Balaban J connectivity index is 1.70. The molecule has 8 nitrogen and oxygen atoms in total. The number of hydrogen-bond acceptors (Lipinski definition) is 5. The van der Waals surface area contributed by atoms with Crippen LogP contribution in [0.5, 0.6) is 11.5 Å². The van der Waals surface area contributed by atoms with E-state index in [4.69, 9.17) is 4.74 Å². The molecular weight excluding hydrogens is 532 g/mol. The van der Waals surface area contributed by atoms with Gasteiger partial charge in [0.25, 0.3) is 5.91 Å². The number of benzene rings is 2. The average Bonchev–Trinajstić information content (AvgIpc) is 3.30. The first-order valence-electron chi connectivity index (χ1n) is 12.4. The fourth-order valence-electron chi connectivity index (χ4n) is 4.20. The van der Waals surface area contributed by atoms with E-state index in [1.165, 1.54) is 34.9 Å². The number of aryl methyl sites for hydroxylation is 1. The van der Waals surface area contributed by atoms with Gasteiger partial charge in [0.05, 0.1) is 23.4 Å². The molecule has 1 N–H and O–H groups in total. The Morgan fingerprint density at radius 2 is 1.68 bits per heavy atom. The first kappa shape index (κ1) is 28.7. The van der Waals surface area contributed by atoms with Crippen molar-refractivity contribution in [3.63, 3.8) is 0 Å². The van der Waals surface area contributed by atoms with Gasteiger partial charge in [-0.15, -0.1) is 0 Å². The summed E-state index contributed by atoms with van der Waals surface area (Å²) in [6.45, 7) is 0.969. The molecule has 0 unspecified atom stereocenters. The summed E-state index contributed by atoms with van der Waals surface area (Å²) in [4.78, 5) is 24.0. The van der Waals surface area contributed by atoms with E-state index in [2.05, 4.69) is 15.2 Å². The third kappa shape index (κ3) is 6.44. The van der Waals surface area contributed by atoms with Crippen molar-refractivity contribution in [3.8, 4) is 17.2 Å². The van der Waals surface area contributed by atoms with E-state index in [1.54, 1.807) is 62.2 Å². The molecule has 2 aromatic carbocycles. The monoisotopic (exact) mass is 560 g/mol. The number of ether oxygens (including phenoxy) is 2. The molecule has 0 radical (unpaired) electrons. The molecule has 4 rings (SSSR count). The molecule has 2 heterocycles. The zero-order valence-electron chi connectivity index (χ0n) is 22.1. The lowest BCUT2D eigenvalue weighted by Crippen LogP contribution is -2.49. The summed E-state index contributed by atoms with van der Waals surface area (Å²) in [6, 6.07) is 12.9. The topological polar surface area (TPSA) is 87.4 Å². The number of aromatic nitrogens is 3. The summed E-state index contributed by atoms with van der Waals surface area (Å²) in [5.41, 5.74) is 1.66. The van der Waals surface area contributed by atoms with Crippen LogP contribution in [0.3, 0.4) is 0 Å². The Hall–Kier alpha value is -4.35. The number of alkyl halides is 4. The van der Waals surface area contributed by atoms with Gasteiger partial charge < -0.3 is 19.4 Å². The maximum absolute atomic E-state index is 13.8. The highest BCUT2D eigenvalue weighted by Gasteiger charge is 2.38. The summed E-state index contributed by atoms with van der Waals surface area (Å²) in [7, 11) is 1.63. The highest BCUT2D eigenvalue weighted by Crippen LogP contribution is 2.32. The van der Waals surface area contributed by atoms with E-state index in [-0.39, 0.29) is 17.2 Å². The number of hydrogen-bond donors (Lipinski definition) is 1. The number of rotatable bonds is 10. The molecule has 0 aliphatic rings. The normalized spacial score (nSPS) is 13.4. The van der Waals surface area contributed by atoms with E-state index >= 15 is 0 Å². The number of pyridine rings is 1. The fraction of sp³-hybridized carbons (Fsp3) is 0.321. The molecule has 2 atom stereocenters. The van der Waals surface area contributed by atoms with Crippen molar-refractivity contribution in [2.24, 2.45) is 13.0 Å². The molecule has 0 spiro atoms. The summed E-state index contributed by atoms with van der Waals surface area (Å²) in [5.74, 6) is -5.18. The SMILES string of the molecule is CC(C)[C@H](NC(=O)C(C)(F)F)[C@H](Oc1ccc2c(cnn2-c2ccc(=O)n(C)c2)c1)c1ccc(OC(F)F)cc1. The van der Waals surface area contributed by atoms with Gasteiger partial charge in [0.15, 0.2) is 0 Å². The minimum atomic E-state index is -3.62. The molecule has 4 aromatic rings. The van der Waals surface area contributed by atoms with E-state index in [1.807, 2.05) is 0 Å². The van der Waals surface area contributed by atoms with Gasteiger partial charge >= 0.3 is 12.5 Å². The van der Waals surface area contributed by atoms with Gasteiger partial charge in [0.2, 0.25) is 5.56 Å². The molecule has 0 bridgehead atoms. The van der Waals surface area contributed by atoms with Crippen molar-refractivity contribution in [3.05, 3.63) is 82.9 Å². The van der Waals surface area contributed by atoms with Crippen LogP contribution in [0.4, 0.5) is 17.6 Å². The number of fused-ring (bicyclic) bond motifs is 1. The molecule has 0 aliphatic heterocycles. The summed E-state index contributed by atoms with van der Waals surface area (Å²) < 4.78 is 66.7. The van der Waals surface area contributed by atoms with Gasteiger partial charge in [0, 0.05) is 31.6 Å². The maximum Gasteiger partial charge on any atom is 0.387 e. The number of nitrogens with zero attached hydrogens (tertiary/aromatic N) is 3. The molecule has 40 heavy (non-hydrogen) atoms. The van der Waals surface area contributed by atoms with Crippen LogP contribution < -0.4 is 20.3 Å². The highest BCUT2D eigenvalue weighted by molar-refractivity contribution is 5.83. The standard InChI is InChI=1S/C28H28F4N4O4/c1-16(2)24(34-26(38)28(3,31)32)25(17-5-8-20(9-6-17)40-27(29)30)39-21-10-11-22-18(13-21)14-33-36(22)19-7-12-23(37)35(4)15-19/h5-16,24-25,27H,1-4H3,(H,34,38)/t24-,25+/m0/s1. The van der Waals surface area contributed by atoms with Crippen LogP contribution >= 0.6 is 0 Å². The Morgan fingerprint density at radius 3 is 2.27 bits per heavy atom. The third-order valence-corrected chi connectivity index (χ3v) is 6.29. The van der Waals surface area contributed by atoms with Crippen LogP contribution in [-0.4, -0.2) is 38.8 Å². The lowest BCUT2D eigenvalue weighted by atomic mass is 9.92. The third-order valence-electron chi connectivity index (χ3n) is 6.29. The highest BCUT2D eigenvalue weighted by atomic mass is 19.3. The fourth-order valence-corrected chi connectivity index (χ4v) is 4.20. The lowest BCUT2D eigenvalue weighted by Gasteiger charge is -2.32. The molecule has 0 saturated heterocycles. The average molecular weight is 561 g/mol. The number of amides is 1. The van der Waals surface area contributed by atoms with Gasteiger partial charge in [-0.1, -0.05) is 26.0 Å². The molecule has 0 saturated carbocycles. The largest absolute Gasteiger partial charge is 0.484 e. The smallest absolute Gasteiger partial charge is 0.387 e. The minimum absolute atomic E-state index is 0.0880. The Kier molecular flexibility index (Phi) is 8.17. The molecular formula is C28H28F4N4O4. The van der Waals surface area contributed by atoms with Gasteiger partial charge in [-0.05, 0) is 47.9 Å². The Bertz CT molecular complexity index is 1540. The molecule has 1 amide bonds. The van der Waals surface area contributed by atoms with Crippen LogP contribution in [0.1, 0.15) is 32.4 Å². The number of carbonyl (C=O) groups excluding carboxylic acids is 1. The van der Waals surface area contributed by atoms with Crippen LogP contribution in [0.15, 0.2) is 71.8 Å². The van der Waals surface area contributed by atoms with E-state index in [9.17, 15) is 27.2 Å². The molecule has 0 fully saturated rings. The first-order chi connectivity index (χ1) is 18.8. The predicted molar refractivity (Wildman–Crippen MR) is 140 cm³/mol. The second kappa shape index (κ2) is 11.4. The minimum Gasteiger partial charge on any atom is -0.484 e. The second-order valence-corrected chi connectivity index (χ2v) is 9.73. The number of nitrogens with one attached hydrogen (secondary N) is 1. The van der Waals surface area contributed by atoms with Gasteiger partial charge in [-0.25, -0.2) is 4.68 Å².